The molecule has 5 heteroatoms. The number of fused-ring (bicyclic) bond motifs is 3. The van der Waals surface area contributed by atoms with E-state index in [0.717, 1.165) is 37.1 Å². The van der Waals surface area contributed by atoms with Gasteiger partial charge in [-0.25, -0.2) is 0 Å². The van der Waals surface area contributed by atoms with Crippen molar-refractivity contribution in [3.8, 4) is 0 Å². The number of aryl methyl sites for hydroxylation is 1. The topological polar surface area (TPSA) is 36.3 Å². The van der Waals surface area contributed by atoms with Crippen molar-refractivity contribution < 1.29 is 9.47 Å². The van der Waals surface area contributed by atoms with Crippen LogP contribution in [-0.4, -0.2) is 28.8 Å². The van der Waals surface area contributed by atoms with Gasteiger partial charge in [-0.15, -0.1) is 0 Å². The molecule has 2 aliphatic carbocycles. The summed E-state index contributed by atoms with van der Waals surface area (Å²) in [6.45, 7) is 6.20. The first-order chi connectivity index (χ1) is 9.98. The summed E-state index contributed by atoms with van der Waals surface area (Å²) in [4.78, 5) is 0. The van der Waals surface area contributed by atoms with Crippen LogP contribution in [0, 0.1) is 11.8 Å². The lowest BCUT2D eigenvalue weighted by Gasteiger charge is -2.53. The molecule has 1 aromatic rings. The van der Waals surface area contributed by atoms with Crippen LogP contribution in [0.25, 0.3) is 0 Å². The molecule has 0 amide bonds. The average molecular weight is 355 g/mol. The van der Waals surface area contributed by atoms with E-state index >= 15 is 0 Å². The highest BCUT2D eigenvalue weighted by molar-refractivity contribution is 9.10. The number of rotatable bonds is 0. The molecule has 1 spiro atoms. The van der Waals surface area contributed by atoms with Crippen molar-refractivity contribution in [2.45, 2.75) is 50.7 Å². The third-order valence-electron chi connectivity index (χ3n) is 6.20. The Kier molecular flexibility index (Phi) is 3.08. The molecule has 0 bridgehead atoms. The normalized spacial score (nSPS) is 37.5. The minimum atomic E-state index is -0.326. The molecule has 1 aliphatic heterocycles. The van der Waals surface area contributed by atoms with Gasteiger partial charge in [0.05, 0.1) is 18.9 Å². The quantitative estimate of drug-likeness (QED) is 0.717. The molecule has 2 heterocycles. The smallest absolute Gasteiger partial charge is 0.171 e. The molecular weight excluding hydrogens is 332 g/mol. The molecule has 0 unspecified atom stereocenters. The predicted molar refractivity (Wildman–Crippen MR) is 83.1 cm³/mol. The van der Waals surface area contributed by atoms with Crippen LogP contribution in [0.15, 0.2) is 4.60 Å². The SMILES string of the molecule is C[C@H]1[C@@H]2CCc3c(nn(C)c3Br)[C@@]2(C)CCC12OCCO2. The van der Waals surface area contributed by atoms with Gasteiger partial charge in [-0.3, -0.25) is 4.68 Å². The molecule has 4 nitrogen and oxygen atoms in total. The summed E-state index contributed by atoms with van der Waals surface area (Å²) in [5.41, 5.74) is 2.86. The third-order valence-corrected chi connectivity index (χ3v) is 7.19. The van der Waals surface area contributed by atoms with E-state index in [2.05, 4.69) is 29.8 Å². The first-order valence-corrected chi connectivity index (χ1v) is 8.77. The van der Waals surface area contributed by atoms with E-state index in [0.29, 0.717) is 11.8 Å². The molecule has 116 valence electrons. The Morgan fingerprint density at radius 2 is 2.00 bits per heavy atom. The maximum atomic E-state index is 6.05. The maximum Gasteiger partial charge on any atom is 0.171 e. The fourth-order valence-corrected chi connectivity index (χ4v) is 5.44. The van der Waals surface area contributed by atoms with E-state index in [1.165, 1.54) is 17.7 Å². The highest BCUT2D eigenvalue weighted by Crippen LogP contribution is 2.57. The lowest BCUT2D eigenvalue weighted by atomic mass is 9.55. The second kappa shape index (κ2) is 4.56. The van der Waals surface area contributed by atoms with Crippen LogP contribution >= 0.6 is 15.9 Å². The maximum absolute atomic E-state index is 6.05. The van der Waals surface area contributed by atoms with Crippen LogP contribution in [0.3, 0.4) is 0 Å². The summed E-state index contributed by atoms with van der Waals surface area (Å²) in [5, 5.41) is 4.84. The van der Waals surface area contributed by atoms with Crippen molar-refractivity contribution in [3.63, 3.8) is 0 Å². The Morgan fingerprint density at radius 1 is 1.29 bits per heavy atom. The molecular formula is C16H23BrN2O2. The van der Waals surface area contributed by atoms with Gasteiger partial charge in [-0.1, -0.05) is 13.8 Å². The van der Waals surface area contributed by atoms with Crippen molar-refractivity contribution in [2.24, 2.45) is 18.9 Å². The van der Waals surface area contributed by atoms with Gasteiger partial charge in [-0.05, 0) is 41.1 Å². The zero-order valence-electron chi connectivity index (χ0n) is 13.0. The molecule has 0 N–H and O–H groups in total. The summed E-state index contributed by atoms with van der Waals surface area (Å²) >= 11 is 3.70. The minimum absolute atomic E-state index is 0.150. The molecule has 4 rings (SSSR count). The predicted octanol–water partition coefficient (Wildman–Crippen LogP) is 3.18. The van der Waals surface area contributed by atoms with Crippen LogP contribution in [0.1, 0.15) is 44.4 Å². The van der Waals surface area contributed by atoms with Gasteiger partial charge in [0, 0.05) is 30.4 Å². The van der Waals surface area contributed by atoms with Gasteiger partial charge in [0.25, 0.3) is 0 Å². The molecule has 3 atom stereocenters. The van der Waals surface area contributed by atoms with E-state index in [4.69, 9.17) is 14.6 Å². The van der Waals surface area contributed by atoms with E-state index in [1.54, 1.807) is 0 Å². The monoisotopic (exact) mass is 354 g/mol. The van der Waals surface area contributed by atoms with E-state index < -0.39 is 0 Å². The molecule has 2 fully saturated rings. The van der Waals surface area contributed by atoms with E-state index in [-0.39, 0.29) is 11.2 Å². The summed E-state index contributed by atoms with van der Waals surface area (Å²) in [7, 11) is 2.03. The van der Waals surface area contributed by atoms with Crippen molar-refractivity contribution in [3.05, 3.63) is 15.9 Å². The summed E-state index contributed by atoms with van der Waals surface area (Å²) in [6, 6.07) is 0. The largest absolute Gasteiger partial charge is 0.347 e. The van der Waals surface area contributed by atoms with Gasteiger partial charge in [0.2, 0.25) is 0 Å². The Hall–Kier alpha value is -0.390. The highest BCUT2D eigenvalue weighted by Gasteiger charge is 2.58. The van der Waals surface area contributed by atoms with Gasteiger partial charge >= 0.3 is 0 Å². The van der Waals surface area contributed by atoms with E-state index in [9.17, 15) is 0 Å². The van der Waals surface area contributed by atoms with Gasteiger partial charge in [0.15, 0.2) is 5.79 Å². The first kappa shape index (κ1) is 14.2. The summed E-state index contributed by atoms with van der Waals surface area (Å²) < 4.78 is 15.2. The number of nitrogens with zero attached hydrogens (tertiary/aromatic N) is 2. The Balaban J connectivity index is 1.76. The number of hydrogen-bond donors (Lipinski definition) is 0. The third kappa shape index (κ3) is 1.77. The van der Waals surface area contributed by atoms with Crippen LogP contribution in [-0.2, 0) is 28.4 Å². The Labute approximate surface area is 134 Å². The fraction of sp³-hybridized carbons (Fsp3) is 0.812. The number of ether oxygens (including phenoxy) is 2. The van der Waals surface area contributed by atoms with Crippen molar-refractivity contribution in [1.29, 1.82) is 0 Å². The second-order valence-electron chi connectivity index (χ2n) is 7.10. The van der Waals surface area contributed by atoms with Crippen LogP contribution < -0.4 is 0 Å². The Bertz CT molecular complexity index is 579. The van der Waals surface area contributed by atoms with Crippen molar-refractivity contribution in [2.75, 3.05) is 13.2 Å². The van der Waals surface area contributed by atoms with Crippen molar-refractivity contribution >= 4 is 15.9 Å². The molecule has 0 aromatic carbocycles. The molecule has 1 saturated heterocycles. The standard InChI is InChI=1S/C16H23BrN2O2/c1-10-12-5-4-11-13(18-19(3)14(11)17)15(12,2)6-7-16(10)20-8-9-21-16/h10,12H,4-9H2,1-3H3/t10-,12-,15-/m0/s1. The highest BCUT2D eigenvalue weighted by atomic mass is 79.9. The zero-order valence-corrected chi connectivity index (χ0v) is 14.6. The second-order valence-corrected chi connectivity index (χ2v) is 7.85. The fourth-order valence-electron chi connectivity index (χ4n) is 4.97. The molecule has 1 aromatic heterocycles. The first-order valence-electron chi connectivity index (χ1n) is 7.98. The minimum Gasteiger partial charge on any atom is -0.347 e. The molecule has 3 aliphatic rings. The van der Waals surface area contributed by atoms with Crippen LogP contribution in [0.4, 0.5) is 0 Å². The average Bonchev–Trinajstić information content (AvgIpc) is 3.04. The molecule has 21 heavy (non-hydrogen) atoms. The van der Waals surface area contributed by atoms with Crippen LogP contribution in [0.2, 0.25) is 0 Å². The van der Waals surface area contributed by atoms with Crippen molar-refractivity contribution in [1.82, 2.24) is 9.78 Å². The molecule has 0 radical (unpaired) electrons. The Morgan fingerprint density at radius 3 is 2.71 bits per heavy atom. The molecule has 1 saturated carbocycles. The zero-order chi connectivity index (χ0) is 14.8. The summed E-state index contributed by atoms with van der Waals surface area (Å²) in [6.07, 6.45) is 4.38. The lowest BCUT2D eigenvalue weighted by molar-refractivity contribution is -0.234. The number of hydrogen-bond acceptors (Lipinski definition) is 3. The van der Waals surface area contributed by atoms with Crippen LogP contribution in [0.5, 0.6) is 0 Å². The van der Waals surface area contributed by atoms with Gasteiger partial charge in [-0.2, -0.15) is 5.10 Å². The lowest BCUT2D eigenvalue weighted by Crippen LogP contribution is -2.55. The van der Waals surface area contributed by atoms with Gasteiger partial charge < -0.3 is 9.47 Å². The number of aromatic nitrogens is 2. The summed E-state index contributed by atoms with van der Waals surface area (Å²) in [5.74, 6) is 0.680. The number of halogens is 1. The van der Waals surface area contributed by atoms with Gasteiger partial charge in [0.1, 0.15) is 4.60 Å². The van der Waals surface area contributed by atoms with E-state index in [1.807, 2.05) is 11.7 Å².